The van der Waals surface area contributed by atoms with E-state index in [4.69, 9.17) is 9.47 Å². The number of hydrogen-bond donors (Lipinski definition) is 1. The van der Waals surface area contributed by atoms with Crippen LogP contribution in [0.4, 0.5) is 10.6 Å². The number of esters is 1. The maximum atomic E-state index is 12.6. The fourth-order valence-corrected chi connectivity index (χ4v) is 4.49. The summed E-state index contributed by atoms with van der Waals surface area (Å²) in [6.07, 6.45) is 4.10. The molecule has 0 radical (unpaired) electrons. The van der Waals surface area contributed by atoms with Crippen molar-refractivity contribution in [2.75, 3.05) is 12.4 Å². The number of aromatic nitrogens is 3. The van der Waals surface area contributed by atoms with Crippen molar-refractivity contribution in [3.8, 4) is 22.4 Å². The number of hydrogen-bond acceptors (Lipinski definition) is 6. The molecule has 1 aliphatic carbocycles. The highest BCUT2D eigenvalue weighted by Gasteiger charge is 2.52. The van der Waals surface area contributed by atoms with E-state index in [2.05, 4.69) is 15.4 Å². The van der Waals surface area contributed by atoms with Crippen molar-refractivity contribution >= 4 is 17.9 Å². The van der Waals surface area contributed by atoms with Gasteiger partial charge in [0.25, 0.3) is 0 Å². The normalized spacial score (nSPS) is 14.5. The number of benzene rings is 2. The number of nitrogens with zero attached hydrogens (tertiary/aromatic N) is 3. The van der Waals surface area contributed by atoms with E-state index in [0.29, 0.717) is 17.1 Å². The molecule has 2 aromatic heterocycles. The van der Waals surface area contributed by atoms with Gasteiger partial charge in [0.05, 0.1) is 30.0 Å². The van der Waals surface area contributed by atoms with E-state index in [1.54, 1.807) is 24.1 Å². The monoisotopic (exact) mass is 496 g/mol. The molecule has 8 nitrogen and oxygen atoms in total. The van der Waals surface area contributed by atoms with Gasteiger partial charge < -0.3 is 9.47 Å². The zero-order valence-electron chi connectivity index (χ0n) is 21.0. The van der Waals surface area contributed by atoms with Gasteiger partial charge >= 0.3 is 12.1 Å². The van der Waals surface area contributed by atoms with E-state index in [-0.39, 0.29) is 5.97 Å². The lowest BCUT2D eigenvalue weighted by atomic mass is 9.94. The van der Waals surface area contributed by atoms with Crippen LogP contribution in [0.1, 0.15) is 37.0 Å². The molecule has 1 amide bonds. The van der Waals surface area contributed by atoms with Crippen molar-refractivity contribution in [3.05, 3.63) is 90.3 Å². The molecule has 1 saturated carbocycles. The summed E-state index contributed by atoms with van der Waals surface area (Å²) in [7, 11) is 3.18. The Balaban J connectivity index is 1.30. The number of carbonyl (C=O) groups is 2. The Labute approximate surface area is 215 Å². The summed E-state index contributed by atoms with van der Waals surface area (Å²) in [5.74, 6) is 0.318. The van der Waals surface area contributed by atoms with Gasteiger partial charge in [0.2, 0.25) is 0 Å². The third-order valence-electron chi connectivity index (χ3n) is 6.85. The summed E-state index contributed by atoms with van der Waals surface area (Å²) < 4.78 is 12.1. The quantitative estimate of drug-likeness (QED) is 0.332. The first-order chi connectivity index (χ1) is 17.9. The predicted octanol–water partition coefficient (Wildman–Crippen LogP) is 5.66. The first-order valence-electron chi connectivity index (χ1n) is 12.1. The second-order valence-corrected chi connectivity index (χ2v) is 9.20. The first kappa shape index (κ1) is 24.2. The molecule has 1 aliphatic rings. The summed E-state index contributed by atoms with van der Waals surface area (Å²) in [6, 6.07) is 21.4. The van der Waals surface area contributed by atoms with Crippen LogP contribution in [0.15, 0.2) is 79.1 Å². The maximum Gasteiger partial charge on any atom is 0.413 e. The Kier molecular flexibility index (Phi) is 6.48. The highest BCUT2D eigenvalue weighted by atomic mass is 16.6. The van der Waals surface area contributed by atoms with E-state index in [0.717, 1.165) is 35.1 Å². The van der Waals surface area contributed by atoms with Crippen LogP contribution >= 0.6 is 0 Å². The van der Waals surface area contributed by atoms with E-state index < -0.39 is 17.6 Å². The standard InChI is InChI=1S/C29H28N4O4/c1-19(20-7-5-4-6-8-20)37-28(35)32-26-24(18-31-33(26)2)25-14-11-22(17-30-25)21-9-12-23(13-10-21)29(15-16-29)27(34)36-3/h4-14,17-19H,15-16H2,1-3H3,(H,32,35)/t19-/m1/s1. The molecule has 188 valence electrons. The number of pyridine rings is 1. The second kappa shape index (κ2) is 9.89. The van der Waals surface area contributed by atoms with Crippen LogP contribution in [-0.4, -0.2) is 33.9 Å². The SMILES string of the molecule is COC(=O)C1(c2ccc(-c3ccc(-c4cnn(C)c4NC(=O)O[C@H](C)c4ccccc4)nc3)cc2)CC1. The van der Waals surface area contributed by atoms with Gasteiger partial charge in [-0.3, -0.25) is 19.8 Å². The highest BCUT2D eigenvalue weighted by molar-refractivity contribution is 5.89. The fraction of sp³-hybridized carbons (Fsp3) is 0.241. The van der Waals surface area contributed by atoms with Gasteiger partial charge in [-0.05, 0) is 42.5 Å². The van der Waals surface area contributed by atoms with E-state index in [9.17, 15) is 9.59 Å². The number of aryl methyl sites for hydroxylation is 1. The van der Waals surface area contributed by atoms with Crippen LogP contribution in [0, 0.1) is 0 Å². The Morgan fingerprint density at radius 2 is 1.68 bits per heavy atom. The molecule has 37 heavy (non-hydrogen) atoms. The second-order valence-electron chi connectivity index (χ2n) is 9.20. The van der Waals surface area contributed by atoms with E-state index >= 15 is 0 Å². The third kappa shape index (κ3) is 4.82. The van der Waals surface area contributed by atoms with Gasteiger partial charge in [0, 0.05) is 18.8 Å². The number of anilines is 1. The van der Waals surface area contributed by atoms with Crippen molar-refractivity contribution in [1.82, 2.24) is 14.8 Å². The zero-order valence-corrected chi connectivity index (χ0v) is 21.0. The van der Waals surface area contributed by atoms with Crippen LogP contribution in [0.25, 0.3) is 22.4 Å². The lowest BCUT2D eigenvalue weighted by Gasteiger charge is -2.15. The molecular weight excluding hydrogens is 468 g/mol. The van der Waals surface area contributed by atoms with Gasteiger partial charge in [0.1, 0.15) is 11.9 Å². The number of amides is 1. The van der Waals surface area contributed by atoms with Crippen molar-refractivity contribution < 1.29 is 19.1 Å². The lowest BCUT2D eigenvalue weighted by Crippen LogP contribution is -2.21. The van der Waals surface area contributed by atoms with Crippen LogP contribution in [0.2, 0.25) is 0 Å². The highest BCUT2D eigenvalue weighted by Crippen LogP contribution is 2.49. The minimum absolute atomic E-state index is 0.175. The largest absolute Gasteiger partial charge is 0.468 e. The molecule has 0 spiro atoms. The lowest BCUT2D eigenvalue weighted by molar-refractivity contribution is -0.143. The van der Waals surface area contributed by atoms with Gasteiger partial charge in [-0.25, -0.2) is 4.79 Å². The van der Waals surface area contributed by atoms with Crippen molar-refractivity contribution in [3.63, 3.8) is 0 Å². The molecule has 2 heterocycles. The Morgan fingerprint density at radius 1 is 0.973 bits per heavy atom. The van der Waals surface area contributed by atoms with Crippen LogP contribution in [-0.2, 0) is 26.7 Å². The zero-order chi connectivity index (χ0) is 26.0. The number of carbonyl (C=O) groups excluding carboxylic acids is 2. The number of ether oxygens (including phenoxy) is 2. The van der Waals surface area contributed by atoms with Crippen molar-refractivity contribution in [1.29, 1.82) is 0 Å². The Bertz CT molecular complexity index is 1410. The van der Waals surface area contributed by atoms with Crippen molar-refractivity contribution in [2.45, 2.75) is 31.3 Å². The Hall–Kier alpha value is -4.46. The van der Waals surface area contributed by atoms with Crippen LogP contribution in [0.5, 0.6) is 0 Å². The topological polar surface area (TPSA) is 95.3 Å². The molecule has 0 aliphatic heterocycles. The van der Waals surface area contributed by atoms with E-state index in [1.165, 1.54) is 7.11 Å². The summed E-state index contributed by atoms with van der Waals surface area (Å²) in [4.78, 5) is 29.4. The van der Waals surface area contributed by atoms with Crippen LogP contribution < -0.4 is 5.32 Å². The molecule has 1 N–H and O–H groups in total. The average Bonchev–Trinajstić information content (AvgIpc) is 3.67. The summed E-state index contributed by atoms with van der Waals surface area (Å²) >= 11 is 0. The minimum Gasteiger partial charge on any atom is -0.468 e. The summed E-state index contributed by atoms with van der Waals surface area (Å²) in [5, 5.41) is 7.10. The molecular formula is C29H28N4O4. The van der Waals surface area contributed by atoms with Gasteiger partial charge in [0.15, 0.2) is 0 Å². The number of nitrogens with one attached hydrogen (secondary N) is 1. The maximum absolute atomic E-state index is 12.6. The molecule has 0 bridgehead atoms. The predicted molar refractivity (Wildman–Crippen MR) is 140 cm³/mol. The molecule has 0 saturated heterocycles. The minimum atomic E-state index is -0.571. The fourth-order valence-electron chi connectivity index (χ4n) is 4.49. The first-order valence-corrected chi connectivity index (χ1v) is 12.1. The molecule has 1 fully saturated rings. The molecule has 5 rings (SSSR count). The summed E-state index contributed by atoms with van der Waals surface area (Å²) in [5.41, 5.74) is 4.68. The molecule has 8 heteroatoms. The molecule has 1 atom stereocenters. The van der Waals surface area contributed by atoms with Gasteiger partial charge in [-0.2, -0.15) is 5.10 Å². The van der Waals surface area contributed by atoms with E-state index in [1.807, 2.05) is 73.7 Å². The number of rotatable bonds is 7. The van der Waals surface area contributed by atoms with Crippen molar-refractivity contribution in [2.24, 2.45) is 7.05 Å². The third-order valence-corrected chi connectivity index (χ3v) is 6.85. The molecule has 0 unspecified atom stereocenters. The smallest absolute Gasteiger partial charge is 0.413 e. The Morgan fingerprint density at radius 3 is 2.30 bits per heavy atom. The average molecular weight is 497 g/mol. The van der Waals surface area contributed by atoms with Crippen LogP contribution in [0.3, 0.4) is 0 Å². The van der Waals surface area contributed by atoms with Gasteiger partial charge in [-0.1, -0.05) is 60.7 Å². The van der Waals surface area contributed by atoms with Gasteiger partial charge in [-0.15, -0.1) is 0 Å². The number of methoxy groups -OCH3 is 1. The summed E-state index contributed by atoms with van der Waals surface area (Å²) in [6.45, 7) is 1.83. The molecule has 2 aromatic carbocycles. The molecule has 4 aromatic rings.